The lowest BCUT2D eigenvalue weighted by Gasteiger charge is -2.29. The summed E-state index contributed by atoms with van der Waals surface area (Å²) in [6.07, 6.45) is 0. The molecule has 124 valence electrons. The first-order valence-corrected chi connectivity index (χ1v) is 8.42. The van der Waals surface area contributed by atoms with Crippen molar-refractivity contribution in [2.45, 2.75) is 19.3 Å². The van der Waals surface area contributed by atoms with E-state index in [2.05, 4.69) is 26.0 Å². The first-order chi connectivity index (χ1) is 12.0. The maximum atomic E-state index is 10.2. The van der Waals surface area contributed by atoms with E-state index in [-0.39, 0.29) is 5.41 Å². The van der Waals surface area contributed by atoms with Gasteiger partial charge in [0.15, 0.2) is 0 Å². The summed E-state index contributed by atoms with van der Waals surface area (Å²) in [7, 11) is 0. The summed E-state index contributed by atoms with van der Waals surface area (Å²) in [6, 6.07) is 23.4. The lowest BCUT2D eigenvalue weighted by atomic mass is 9.74. The molecule has 0 radical (unpaired) electrons. The van der Waals surface area contributed by atoms with Crippen LogP contribution in [-0.4, -0.2) is 10.2 Å². The highest BCUT2D eigenvalue weighted by atomic mass is 16.3. The Balaban J connectivity index is 2.04. The lowest BCUT2D eigenvalue weighted by molar-refractivity contribution is 0.481. The average molecular weight is 328 g/mol. The van der Waals surface area contributed by atoms with Crippen LogP contribution in [-0.2, 0) is 5.41 Å². The van der Waals surface area contributed by atoms with Gasteiger partial charge in [0.1, 0.15) is 11.5 Å². The molecule has 0 atom stereocenters. The third kappa shape index (κ3) is 2.33. The smallest absolute Gasteiger partial charge is 0.123 e. The Bertz CT molecular complexity index is 1010. The van der Waals surface area contributed by atoms with Crippen molar-refractivity contribution in [1.82, 2.24) is 0 Å². The quantitative estimate of drug-likeness (QED) is 0.493. The van der Waals surface area contributed by atoms with E-state index in [1.165, 1.54) is 0 Å². The molecule has 0 aromatic heterocycles. The van der Waals surface area contributed by atoms with Gasteiger partial charge in [0.25, 0.3) is 0 Å². The molecule has 0 saturated carbocycles. The van der Waals surface area contributed by atoms with Gasteiger partial charge in [0, 0.05) is 16.2 Å². The van der Waals surface area contributed by atoms with Crippen LogP contribution in [0.4, 0.5) is 0 Å². The Hall–Kier alpha value is -3.00. The number of aromatic hydroxyl groups is 2. The van der Waals surface area contributed by atoms with Gasteiger partial charge in [0.05, 0.1) is 0 Å². The number of hydrogen-bond acceptors (Lipinski definition) is 2. The van der Waals surface area contributed by atoms with Crippen LogP contribution in [0.25, 0.3) is 21.5 Å². The second-order valence-corrected chi connectivity index (χ2v) is 6.98. The predicted molar refractivity (Wildman–Crippen MR) is 103 cm³/mol. The summed E-state index contributed by atoms with van der Waals surface area (Å²) in [5, 5.41) is 24.2. The largest absolute Gasteiger partial charge is 0.507 e. The van der Waals surface area contributed by atoms with Crippen molar-refractivity contribution in [3.63, 3.8) is 0 Å². The van der Waals surface area contributed by atoms with Gasteiger partial charge in [-0.2, -0.15) is 0 Å². The van der Waals surface area contributed by atoms with Crippen LogP contribution in [0, 0.1) is 0 Å². The minimum atomic E-state index is -0.291. The molecular weight excluding hydrogens is 308 g/mol. The summed E-state index contributed by atoms with van der Waals surface area (Å²) in [5.74, 6) is 0.594. The minimum Gasteiger partial charge on any atom is -0.507 e. The molecule has 0 heterocycles. The first kappa shape index (κ1) is 15.5. The van der Waals surface area contributed by atoms with Gasteiger partial charge in [-0.3, -0.25) is 0 Å². The molecule has 0 aliphatic rings. The van der Waals surface area contributed by atoms with Gasteiger partial charge in [-0.05, 0) is 34.0 Å². The van der Waals surface area contributed by atoms with E-state index in [9.17, 15) is 10.2 Å². The number of phenolic OH excluding ortho intramolecular Hbond substituents is 2. The van der Waals surface area contributed by atoms with Crippen molar-refractivity contribution in [1.29, 1.82) is 0 Å². The Morgan fingerprint density at radius 1 is 0.520 bits per heavy atom. The van der Waals surface area contributed by atoms with Crippen LogP contribution >= 0.6 is 0 Å². The van der Waals surface area contributed by atoms with Crippen LogP contribution in [0.1, 0.15) is 25.0 Å². The Kier molecular flexibility index (Phi) is 3.43. The molecule has 4 aromatic carbocycles. The number of fused-ring (bicyclic) bond motifs is 2. The highest BCUT2D eigenvalue weighted by molar-refractivity contribution is 5.95. The lowest BCUT2D eigenvalue weighted by Crippen LogP contribution is -2.19. The number of rotatable bonds is 2. The van der Waals surface area contributed by atoms with E-state index in [0.717, 1.165) is 32.7 Å². The third-order valence-electron chi connectivity index (χ3n) is 5.15. The summed E-state index contributed by atoms with van der Waals surface area (Å²) in [4.78, 5) is 0. The topological polar surface area (TPSA) is 40.5 Å². The Morgan fingerprint density at radius 3 is 1.28 bits per heavy atom. The van der Waals surface area contributed by atoms with Crippen molar-refractivity contribution in [2.75, 3.05) is 0 Å². The fourth-order valence-electron chi connectivity index (χ4n) is 3.80. The fraction of sp³-hybridized carbons (Fsp3) is 0.130. The first-order valence-electron chi connectivity index (χ1n) is 8.42. The zero-order valence-corrected chi connectivity index (χ0v) is 14.3. The van der Waals surface area contributed by atoms with Crippen molar-refractivity contribution >= 4 is 21.5 Å². The van der Waals surface area contributed by atoms with Gasteiger partial charge in [0.2, 0.25) is 0 Å². The third-order valence-corrected chi connectivity index (χ3v) is 5.15. The molecule has 0 spiro atoms. The number of hydrogen-bond donors (Lipinski definition) is 2. The van der Waals surface area contributed by atoms with Gasteiger partial charge in [-0.15, -0.1) is 0 Å². The molecule has 2 nitrogen and oxygen atoms in total. The second-order valence-electron chi connectivity index (χ2n) is 6.98. The molecule has 0 aliphatic carbocycles. The van der Waals surface area contributed by atoms with Crippen molar-refractivity contribution in [2.24, 2.45) is 0 Å². The summed E-state index contributed by atoms with van der Waals surface area (Å²) >= 11 is 0. The normalized spacial score (nSPS) is 11.9. The van der Waals surface area contributed by atoms with Gasteiger partial charge < -0.3 is 10.2 Å². The molecule has 0 saturated heterocycles. The maximum absolute atomic E-state index is 10.2. The van der Waals surface area contributed by atoms with E-state index in [1.807, 2.05) is 48.5 Å². The van der Waals surface area contributed by atoms with Crippen molar-refractivity contribution in [3.05, 3.63) is 83.9 Å². The molecule has 0 aliphatic heterocycles. The summed E-state index contributed by atoms with van der Waals surface area (Å²) in [6.45, 7) is 4.37. The van der Waals surface area contributed by atoms with Crippen LogP contribution in [0.2, 0.25) is 0 Å². The molecule has 0 amide bonds. The van der Waals surface area contributed by atoms with Crippen molar-refractivity contribution < 1.29 is 10.2 Å². The fourth-order valence-corrected chi connectivity index (χ4v) is 3.80. The monoisotopic (exact) mass is 328 g/mol. The zero-order chi connectivity index (χ0) is 17.6. The zero-order valence-electron chi connectivity index (χ0n) is 14.3. The van der Waals surface area contributed by atoms with Crippen LogP contribution < -0.4 is 0 Å². The van der Waals surface area contributed by atoms with E-state index in [1.54, 1.807) is 12.1 Å². The van der Waals surface area contributed by atoms with E-state index in [4.69, 9.17) is 0 Å². The molecule has 4 aromatic rings. The summed E-state index contributed by atoms with van der Waals surface area (Å²) < 4.78 is 0. The maximum Gasteiger partial charge on any atom is 0.123 e. The van der Waals surface area contributed by atoms with E-state index in [0.29, 0.717) is 11.5 Å². The molecule has 0 unspecified atom stereocenters. The SMILES string of the molecule is CC(C)(c1ccc(O)c2ccccc12)c1ccc(O)c2ccccc12. The highest BCUT2D eigenvalue weighted by Gasteiger charge is 2.27. The molecule has 25 heavy (non-hydrogen) atoms. The number of phenols is 2. The molecule has 2 heteroatoms. The number of benzene rings is 4. The predicted octanol–water partition coefficient (Wildman–Crippen LogP) is 5.73. The molecule has 2 N–H and O–H groups in total. The average Bonchev–Trinajstić information content (AvgIpc) is 2.62. The molecule has 0 fully saturated rings. The summed E-state index contributed by atoms with van der Waals surface area (Å²) in [5.41, 5.74) is 2.01. The molecule has 4 rings (SSSR count). The van der Waals surface area contributed by atoms with E-state index < -0.39 is 0 Å². The minimum absolute atomic E-state index is 0.291. The van der Waals surface area contributed by atoms with Gasteiger partial charge >= 0.3 is 0 Å². The van der Waals surface area contributed by atoms with Gasteiger partial charge in [-0.1, -0.05) is 74.5 Å². The Morgan fingerprint density at radius 2 is 0.880 bits per heavy atom. The van der Waals surface area contributed by atoms with Crippen LogP contribution in [0.5, 0.6) is 11.5 Å². The van der Waals surface area contributed by atoms with Crippen LogP contribution in [0.3, 0.4) is 0 Å². The molecule has 0 bridgehead atoms. The van der Waals surface area contributed by atoms with Gasteiger partial charge in [-0.25, -0.2) is 0 Å². The van der Waals surface area contributed by atoms with Crippen LogP contribution in [0.15, 0.2) is 72.8 Å². The standard InChI is InChI=1S/C23H20O2/c1-23(2,19-11-13-21(24)17-9-5-3-7-15(17)19)20-12-14-22(25)18-10-6-4-8-16(18)20/h3-14,24-25H,1-2H3. The van der Waals surface area contributed by atoms with Crippen molar-refractivity contribution in [3.8, 4) is 11.5 Å². The molecular formula is C23H20O2. The Labute approximate surface area is 147 Å². The highest BCUT2D eigenvalue weighted by Crippen LogP contribution is 2.42. The van der Waals surface area contributed by atoms with E-state index >= 15 is 0 Å². The second kappa shape index (κ2) is 5.52.